The Labute approximate surface area is 92.7 Å². The van der Waals surface area contributed by atoms with Gasteiger partial charge in [0.2, 0.25) is 0 Å². The Hall–Kier alpha value is -1.07. The van der Waals surface area contributed by atoms with Gasteiger partial charge in [-0.2, -0.15) is 0 Å². The number of hydrogen-bond acceptors (Lipinski definition) is 3. The second-order valence-corrected chi connectivity index (χ2v) is 4.57. The lowest BCUT2D eigenvalue weighted by Gasteiger charge is -2.15. The fraction of sp³-hybridized carbons (Fsp3) is 0.500. The summed E-state index contributed by atoms with van der Waals surface area (Å²) in [5.41, 5.74) is 0. The summed E-state index contributed by atoms with van der Waals surface area (Å²) in [6, 6.07) is 4.18. The van der Waals surface area contributed by atoms with Gasteiger partial charge in [-0.05, 0) is 11.4 Å². The van der Waals surface area contributed by atoms with Gasteiger partial charge in [-0.3, -0.25) is 0 Å². The lowest BCUT2D eigenvalue weighted by atomic mass is 10.2. The smallest absolute Gasteiger partial charge is 0.320 e. The number of nitrogens with zero attached hydrogens (tertiary/aromatic N) is 2. The molecular weight excluding hydrogens is 212 g/mol. The molecule has 2 amide bonds. The van der Waals surface area contributed by atoms with Crippen LogP contribution in [0.1, 0.15) is 10.9 Å². The molecule has 0 radical (unpaired) electrons. The van der Waals surface area contributed by atoms with E-state index in [0.29, 0.717) is 13.1 Å². The molecular formula is C10H14N2O2S. The van der Waals surface area contributed by atoms with Crippen molar-refractivity contribution in [3.8, 4) is 0 Å². The maximum Gasteiger partial charge on any atom is 0.320 e. The predicted molar refractivity (Wildman–Crippen MR) is 58.9 cm³/mol. The molecule has 1 aliphatic rings. The van der Waals surface area contributed by atoms with Gasteiger partial charge in [0.1, 0.15) is 0 Å². The molecule has 1 saturated heterocycles. The van der Waals surface area contributed by atoms with Crippen LogP contribution in [-0.2, 0) is 0 Å². The van der Waals surface area contributed by atoms with E-state index in [9.17, 15) is 4.79 Å². The Morgan fingerprint density at radius 2 is 2.47 bits per heavy atom. The Morgan fingerprint density at radius 3 is 3.07 bits per heavy atom. The molecule has 1 aliphatic heterocycles. The van der Waals surface area contributed by atoms with Crippen LogP contribution >= 0.6 is 11.3 Å². The maximum absolute atomic E-state index is 11.7. The topological polar surface area (TPSA) is 43.8 Å². The zero-order chi connectivity index (χ0) is 10.8. The zero-order valence-electron chi connectivity index (χ0n) is 8.59. The van der Waals surface area contributed by atoms with Gasteiger partial charge in [0.15, 0.2) is 0 Å². The lowest BCUT2D eigenvalue weighted by molar-refractivity contribution is 0.182. The molecule has 1 atom stereocenters. The first-order valence-corrected chi connectivity index (χ1v) is 5.78. The normalized spacial score (nSPS) is 21.5. The fourth-order valence-electron chi connectivity index (χ4n) is 1.84. The van der Waals surface area contributed by atoms with Crippen molar-refractivity contribution in [3.63, 3.8) is 0 Å². The molecule has 1 N–H and O–H groups in total. The standard InChI is InChI=1S/C10H14N2O2S/c1-11-8(9-3-2-6-15-9)7-12(4-5-13)10(11)14/h2-3,6,8,13H,4-5,7H2,1H3. The summed E-state index contributed by atoms with van der Waals surface area (Å²) in [4.78, 5) is 16.4. The van der Waals surface area contributed by atoms with Gasteiger partial charge in [-0.1, -0.05) is 6.07 Å². The molecule has 82 valence electrons. The minimum Gasteiger partial charge on any atom is -0.395 e. The predicted octanol–water partition coefficient (Wildman–Crippen LogP) is 1.15. The summed E-state index contributed by atoms with van der Waals surface area (Å²) >= 11 is 1.66. The maximum atomic E-state index is 11.7. The molecule has 0 spiro atoms. The lowest BCUT2D eigenvalue weighted by Crippen LogP contribution is -2.31. The van der Waals surface area contributed by atoms with E-state index in [4.69, 9.17) is 5.11 Å². The van der Waals surface area contributed by atoms with E-state index in [0.717, 1.165) is 0 Å². The van der Waals surface area contributed by atoms with Gasteiger partial charge in [-0.15, -0.1) is 11.3 Å². The van der Waals surface area contributed by atoms with Crippen LogP contribution in [0.3, 0.4) is 0 Å². The van der Waals surface area contributed by atoms with Crippen LogP contribution in [0.5, 0.6) is 0 Å². The van der Waals surface area contributed by atoms with Gasteiger partial charge < -0.3 is 14.9 Å². The minimum absolute atomic E-state index is 0.00227. The Kier molecular flexibility index (Phi) is 2.93. The van der Waals surface area contributed by atoms with Crippen molar-refractivity contribution >= 4 is 17.4 Å². The summed E-state index contributed by atoms with van der Waals surface area (Å²) in [6.45, 7) is 1.12. The highest BCUT2D eigenvalue weighted by Gasteiger charge is 2.35. The third-order valence-electron chi connectivity index (χ3n) is 2.67. The third kappa shape index (κ3) is 1.85. The molecule has 4 nitrogen and oxygen atoms in total. The van der Waals surface area contributed by atoms with Gasteiger partial charge in [0.25, 0.3) is 0 Å². The van der Waals surface area contributed by atoms with Crippen LogP contribution in [0.15, 0.2) is 17.5 Å². The molecule has 0 aliphatic carbocycles. The number of amides is 2. The van der Waals surface area contributed by atoms with E-state index in [2.05, 4.69) is 0 Å². The number of thiophene rings is 1. The van der Waals surface area contributed by atoms with Gasteiger partial charge in [-0.25, -0.2) is 4.79 Å². The number of aliphatic hydroxyl groups is 1. The Morgan fingerprint density at radius 1 is 1.67 bits per heavy atom. The largest absolute Gasteiger partial charge is 0.395 e. The van der Waals surface area contributed by atoms with Crippen molar-refractivity contribution in [1.82, 2.24) is 9.80 Å². The van der Waals surface area contributed by atoms with Gasteiger partial charge >= 0.3 is 6.03 Å². The van der Waals surface area contributed by atoms with Gasteiger partial charge in [0, 0.05) is 25.0 Å². The number of carbonyl (C=O) groups is 1. The number of hydrogen-bond donors (Lipinski definition) is 1. The number of aliphatic hydroxyl groups excluding tert-OH is 1. The average Bonchev–Trinajstić information content (AvgIpc) is 2.82. The van der Waals surface area contributed by atoms with Crippen LogP contribution in [0, 0.1) is 0 Å². The summed E-state index contributed by atoms with van der Waals surface area (Å²) in [6.07, 6.45) is 0. The molecule has 1 aromatic rings. The first kappa shape index (κ1) is 10.4. The highest BCUT2D eigenvalue weighted by atomic mass is 32.1. The SMILES string of the molecule is CN1C(=O)N(CCO)CC1c1cccs1. The van der Waals surface area contributed by atoms with Crippen molar-refractivity contribution in [2.24, 2.45) is 0 Å². The Balaban J connectivity index is 2.13. The van der Waals surface area contributed by atoms with Crippen LogP contribution in [-0.4, -0.2) is 47.7 Å². The van der Waals surface area contributed by atoms with E-state index in [-0.39, 0.29) is 18.7 Å². The highest BCUT2D eigenvalue weighted by Crippen LogP contribution is 2.30. The Bertz CT molecular complexity index is 339. The van der Waals surface area contributed by atoms with E-state index < -0.39 is 0 Å². The second kappa shape index (κ2) is 4.20. The minimum atomic E-state index is 0.00227. The molecule has 0 aromatic carbocycles. The molecule has 1 fully saturated rings. The number of urea groups is 1. The van der Waals surface area contributed by atoms with Crippen molar-refractivity contribution in [2.45, 2.75) is 6.04 Å². The first-order chi connectivity index (χ1) is 7.24. The average molecular weight is 226 g/mol. The van der Waals surface area contributed by atoms with Crippen molar-refractivity contribution in [1.29, 1.82) is 0 Å². The number of β-amino-alcohol motifs (C(OH)–C–C–N with tert-alkyl or cyclic N) is 1. The second-order valence-electron chi connectivity index (χ2n) is 3.59. The van der Waals surface area contributed by atoms with E-state index in [1.165, 1.54) is 4.88 Å². The van der Waals surface area contributed by atoms with Crippen LogP contribution in [0.25, 0.3) is 0 Å². The van der Waals surface area contributed by atoms with E-state index in [1.54, 1.807) is 21.1 Å². The molecule has 15 heavy (non-hydrogen) atoms. The molecule has 1 aromatic heterocycles. The molecule has 5 heteroatoms. The molecule has 0 saturated carbocycles. The number of rotatable bonds is 3. The molecule has 2 rings (SSSR count). The molecule has 0 bridgehead atoms. The van der Waals surface area contributed by atoms with E-state index in [1.807, 2.05) is 24.6 Å². The summed E-state index contributed by atoms with van der Waals surface area (Å²) in [5.74, 6) is 0. The monoisotopic (exact) mass is 226 g/mol. The number of carbonyl (C=O) groups excluding carboxylic acids is 1. The quantitative estimate of drug-likeness (QED) is 0.840. The first-order valence-electron chi connectivity index (χ1n) is 4.90. The van der Waals surface area contributed by atoms with Crippen LogP contribution in [0.4, 0.5) is 4.79 Å². The zero-order valence-corrected chi connectivity index (χ0v) is 9.41. The van der Waals surface area contributed by atoms with Crippen molar-refractivity contribution < 1.29 is 9.90 Å². The molecule has 1 unspecified atom stereocenters. The van der Waals surface area contributed by atoms with Crippen LogP contribution < -0.4 is 0 Å². The summed E-state index contributed by atoms with van der Waals surface area (Å²) < 4.78 is 0. The van der Waals surface area contributed by atoms with Gasteiger partial charge in [0.05, 0.1) is 12.6 Å². The highest BCUT2D eigenvalue weighted by molar-refractivity contribution is 7.10. The summed E-state index contributed by atoms with van der Waals surface area (Å²) in [5, 5.41) is 10.9. The summed E-state index contributed by atoms with van der Waals surface area (Å²) in [7, 11) is 1.81. The fourth-order valence-corrected chi connectivity index (χ4v) is 2.70. The van der Waals surface area contributed by atoms with Crippen molar-refractivity contribution in [2.75, 3.05) is 26.7 Å². The molecule has 2 heterocycles. The number of likely N-dealkylation sites (N-methyl/N-ethyl adjacent to an activating group) is 1. The van der Waals surface area contributed by atoms with Crippen molar-refractivity contribution in [3.05, 3.63) is 22.4 Å². The van der Waals surface area contributed by atoms with Crippen LogP contribution in [0.2, 0.25) is 0 Å². The van der Waals surface area contributed by atoms with E-state index >= 15 is 0 Å². The third-order valence-corrected chi connectivity index (χ3v) is 3.65.